The van der Waals surface area contributed by atoms with E-state index in [0.29, 0.717) is 5.69 Å². The molecule has 1 aromatic carbocycles. The van der Waals surface area contributed by atoms with Gasteiger partial charge in [0.1, 0.15) is 0 Å². The zero-order chi connectivity index (χ0) is 21.0. The molecule has 2 aromatic rings. The molecule has 9 heteroatoms. The molecule has 0 spiro atoms. The lowest BCUT2D eigenvalue weighted by atomic mass is 10.1. The molecule has 0 N–H and O–H groups in total. The third-order valence-electron chi connectivity index (χ3n) is 4.96. The van der Waals surface area contributed by atoms with Crippen LogP contribution in [0.15, 0.2) is 34.5 Å². The van der Waals surface area contributed by atoms with Gasteiger partial charge >= 0.3 is 6.18 Å². The van der Waals surface area contributed by atoms with Gasteiger partial charge in [0.15, 0.2) is 5.78 Å². The Bertz CT molecular complexity index is 849. The highest BCUT2D eigenvalue weighted by atomic mass is 35.5. The molecule has 30 heavy (non-hydrogen) atoms. The first-order chi connectivity index (χ1) is 13.7. The van der Waals surface area contributed by atoms with Crippen LogP contribution in [0.5, 0.6) is 0 Å². The third kappa shape index (κ3) is 6.64. The van der Waals surface area contributed by atoms with Crippen molar-refractivity contribution < 1.29 is 18.0 Å². The van der Waals surface area contributed by atoms with Gasteiger partial charge in [-0.15, -0.1) is 35.5 Å². The lowest BCUT2D eigenvalue weighted by Crippen LogP contribution is -2.46. The van der Waals surface area contributed by atoms with E-state index in [1.54, 1.807) is 36.1 Å². The molecular formula is C21H26ClF3N2OS2. The summed E-state index contributed by atoms with van der Waals surface area (Å²) >= 11 is 3.41. The molecule has 0 radical (unpaired) electrons. The minimum Gasteiger partial charge on any atom is -0.369 e. The molecule has 0 amide bonds. The molecule has 3 nitrogen and oxygen atoms in total. The summed E-state index contributed by atoms with van der Waals surface area (Å²) in [5.41, 5.74) is 0.871. The number of nitrogens with zero attached hydrogens (tertiary/aromatic N) is 2. The van der Waals surface area contributed by atoms with E-state index < -0.39 is 11.7 Å². The second-order valence-corrected chi connectivity index (χ2v) is 9.81. The molecule has 0 saturated carbocycles. The maximum atomic E-state index is 12.9. The molecule has 0 aliphatic carbocycles. The maximum absolute atomic E-state index is 12.9. The van der Waals surface area contributed by atoms with E-state index in [1.165, 1.54) is 12.1 Å². The summed E-state index contributed by atoms with van der Waals surface area (Å²) in [6.45, 7) is 7.74. The number of Topliss-reactive ketones (excluding diaryl/α,β-unsaturated/α-hetero) is 1. The fraction of sp³-hybridized carbons (Fsp3) is 0.476. The first-order valence-corrected chi connectivity index (χ1v) is 11.4. The quantitative estimate of drug-likeness (QED) is 0.276. The van der Waals surface area contributed by atoms with Crippen LogP contribution in [0.3, 0.4) is 0 Å². The predicted octanol–water partition coefficient (Wildman–Crippen LogP) is 6.00. The van der Waals surface area contributed by atoms with Crippen LogP contribution >= 0.6 is 35.5 Å². The fourth-order valence-corrected chi connectivity index (χ4v) is 5.89. The number of thiophene rings is 1. The van der Waals surface area contributed by atoms with Crippen LogP contribution in [-0.2, 0) is 6.18 Å². The van der Waals surface area contributed by atoms with E-state index >= 15 is 0 Å². The maximum Gasteiger partial charge on any atom is 0.416 e. The normalized spacial score (nSPS) is 15.2. The van der Waals surface area contributed by atoms with Gasteiger partial charge in [-0.25, -0.2) is 0 Å². The summed E-state index contributed by atoms with van der Waals surface area (Å²) in [6.07, 6.45) is -3.29. The average Bonchev–Trinajstić information content (AvgIpc) is 3.06. The van der Waals surface area contributed by atoms with E-state index in [1.807, 2.05) is 17.9 Å². The number of halogens is 4. The molecular weight excluding hydrogens is 453 g/mol. The second-order valence-electron chi connectivity index (χ2n) is 7.19. The SMILES string of the molecule is CC(=O)c1cc(C)sc1SCCCN1CCN(c2cccc(C(F)(F)F)c2)CC1.Cl. The number of carbonyl (C=O) groups is 1. The Morgan fingerprint density at radius 2 is 1.87 bits per heavy atom. The third-order valence-corrected chi connectivity index (χ3v) is 7.39. The monoisotopic (exact) mass is 478 g/mol. The van der Waals surface area contributed by atoms with Crippen molar-refractivity contribution in [2.24, 2.45) is 0 Å². The number of hydrogen-bond donors (Lipinski definition) is 0. The van der Waals surface area contributed by atoms with Crippen LogP contribution in [0.1, 0.15) is 34.1 Å². The van der Waals surface area contributed by atoms with Crippen molar-refractivity contribution in [1.29, 1.82) is 0 Å². The molecule has 1 saturated heterocycles. The number of piperazine rings is 1. The average molecular weight is 479 g/mol. The summed E-state index contributed by atoms with van der Waals surface area (Å²) < 4.78 is 39.9. The predicted molar refractivity (Wildman–Crippen MR) is 122 cm³/mol. The Kier molecular flexibility index (Phi) is 9.09. The van der Waals surface area contributed by atoms with Gasteiger partial charge in [0, 0.05) is 48.1 Å². The van der Waals surface area contributed by atoms with Gasteiger partial charge in [-0.1, -0.05) is 6.07 Å². The number of aryl methyl sites for hydroxylation is 1. The summed E-state index contributed by atoms with van der Waals surface area (Å²) in [5, 5.41) is 0. The van der Waals surface area contributed by atoms with Crippen molar-refractivity contribution in [1.82, 2.24) is 4.90 Å². The number of alkyl halides is 3. The summed E-state index contributed by atoms with van der Waals surface area (Å²) in [5.74, 6) is 1.07. The van der Waals surface area contributed by atoms with Crippen LogP contribution in [0.4, 0.5) is 18.9 Å². The van der Waals surface area contributed by atoms with Gasteiger partial charge in [0.25, 0.3) is 0 Å². The smallest absolute Gasteiger partial charge is 0.369 e. The van der Waals surface area contributed by atoms with Crippen molar-refractivity contribution >= 4 is 47.0 Å². The highest BCUT2D eigenvalue weighted by Gasteiger charge is 2.31. The number of anilines is 1. The van der Waals surface area contributed by atoms with Crippen LogP contribution in [0, 0.1) is 6.92 Å². The van der Waals surface area contributed by atoms with E-state index in [0.717, 1.165) is 65.6 Å². The van der Waals surface area contributed by atoms with Gasteiger partial charge < -0.3 is 4.90 Å². The molecule has 0 atom stereocenters. The highest BCUT2D eigenvalue weighted by Crippen LogP contribution is 2.33. The second kappa shape index (κ2) is 10.9. The first-order valence-electron chi connectivity index (χ1n) is 9.63. The standard InChI is InChI=1S/C21H25F3N2OS2.ClH/c1-15-13-19(16(2)27)20(29-15)28-12-4-7-25-8-10-26(11-9-25)18-6-3-5-17(14-18)21(22,23)24;/h3,5-6,13-14H,4,7-12H2,1-2H3;1H. The number of hydrogen-bond acceptors (Lipinski definition) is 5. The van der Waals surface area contributed by atoms with Gasteiger partial charge in [0.05, 0.1) is 9.77 Å². The van der Waals surface area contributed by atoms with E-state index in [-0.39, 0.29) is 18.2 Å². The number of rotatable bonds is 7. The molecule has 3 rings (SSSR count). The number of carbonyl (C=O) groups excluding carboxylic acids is 1. The largest absolute Gasteiger partial charge is 0.416 e. The van der Waals surface area contributed by atoms with Crippen LogP contribution < -0.4 is 4.90 Å². The lowest BCUT2D eigenvalue weighted by molar-refractivity contribution is -0.137. The molecule has 1 fully saturated rings. The summed E-state index contributed by atoms with van der Waals surface area (Å²) in [6, 6.07) is 7.54. The van der Waals surface area contributed by atoms with Gasteiger partial charge in [0.2, 0.25) is 0 Å². The molecule has 0 bridgehead atoms. The Balaban J connectivity index is 0.00000320. The molecule has 166 valence electrons. The van der Waals surface area contributed by atoms with E-state index in [2.05, 4.69) is 4.90 Å². The Labute approximate surface area is 190 Å². The first kappa shape index (κ1) is 25.0. The van der Waals surface area contributed by atoms with Crippen LogP contribution in [-0.4, -0.2) is 49.2 Å². The fourth-order valence-electron chi connectivity index (χ4n) is 3.41. The molecule has 0 unspecified atom stereocenters. The van der Waals surface area contributed by atoms with Crippen molar-refractivity contribution in [3.63, 3.8) is 0 Å². The van der Waals surface area contributed by atoms with Crippen molar-refractivity contribution in [3.8, 4) is 0 Å². The van der Waals surface area contributed by atoms with E-state index in [4.69, 9.17) is 0 Å². The minimum absolute atomic E-state index is 0. The number of benzene rings is 1. The number of thioether (sulfide) groups is 1. The summed E-state index contributed by atoms with van der Waals surface area (Å²) in [4.78, 5) is 17.2. The van der Waals surface area contributed by atoms with Crippen LogP contribution in [0.2, 0.25) is 0 Å². The Hall–Kier alpha value is -1.22. The molecule has 1 aromatic heterocycles. The summed E-state index contributed by atoms with van der Waals surface area (Å²) in [7, 11) is 0. The van der Waals surface area contributed by atoms with Gasteiger partial charge in [-0.05, 0) is 51.1 Å². The lowest BCUT2D eigenvalue weighted by Gasteiger charge is -2.36. The zero-order valence-corrected chi connectivity index (χ0v) is 19.4. The molecule has 1 aliphatic heterocycles. The van der Waals surface area contributed by atoms with Gasteiger partial charge in [-0.3, -0.25) is 9.69 Å². The zero-order valence-electron chi connectivity index (χ0n) is 17.0. The Morgan fingerprint density at radius 1 is 1.17 bits per heavy atom. The van der Waals surface area contributed by atoms with E-state index in [9.17, 15) is 18.0 Å². The van der Waals surface area contributed by atoms with Gasteiger partial charge in [-0.2, -0.15) is 13.2 Å². The van der Waals surface area contributed by atoms with Crippen molar-refractivity contribution in [2.45, 2.75) is 30.7 Å². The van der Waals surface area contributed by atoms with Crippen LogP contribution in [0.25, 0.3) is 0 Å². The highest BCUT2D eigenvalue weighted by molar-refractivity contribution is 8.01. The molecule has 1 aliphatic rings. The topological polar surface area (TPSA) is 23.6 Å². The molecule has 2 heterocycles. The van der Waals surface area contributed by atoms with Crippen molar-refractivity contribution in [2.75, 3.05) is 43.4 Å². The minimum atomic E-state index is -4.31. The Morgan fingerprint density at radius 3 is 2.50 bits per heavy atom. The van der Waals surface area contributed by atoms with Crippen molar-refractivity contribution in [3.05, 3.63) is 46.3 Å². The number of ketones is 1.